The Morgan fingerprint density at radius 3 is 2.43 bits per heavy atom. The second kappa shape index (κ2) is 7.84. The lowest BCUT2D eigenvalue weighted by atomic mass is 9.88. The van der Waals surface area contributed by atoms with Gasteiger partial charge in [0.15, 0.2) is 0 Å². The van der Waals surface area contributed by atoms with Crippen molar-refractivity contribution in [1.29, 1.82) is 0 Å². The molecule has 2 unspecified atom stereocenters. The van der Waals surface area contributed by atoms with Crippen molar-refractivity contribution in [2.24, 2.45) is 11.8 Å². The van der Waals surface area contributed by atoms with Crippen LogP contribution in [0.25, 0.3) is 0 Å². The number of rotatable bonds is 8. The maximum absolute atomic E-state index is 10.5. The van der Waals surface area contributed by atoms with E-state index < -0.39 is 5.97 Å². The van der Waals surface area contributed by atoms with Crippen LogP contribution < -0.4 is 0 Å². The molecule has 2 nitrogen and oxygen atoms in total. The Hall–Kier alpha value is -0.530. The lowest BCUT2D eigenvalue weighted by Gasteiger charge is -2.18. The van der Waals surface area contributed by atoms with E-state index in [0.717, 1.165) is 12.3 Å². The number of carboxylic acid groups (broad SMARTS) is 1. The summed E-state index contributed by atoms with van der Waals surface area (Å²) in [6.07, 6.45) is 6.36. The van der Waals surface area contributed by atoms with E-state index in [2.05, 4.69) is 13.8 Å². The van der Waals surface area contributed by atoms with E-state index >= 15 is 0 Å². The van der Waals surface area contributed by atoms with Gasteiger partial charge in [0.25, 0.3) is 0 Å². The normalized spacial score (nSPS) is 15.1. The predicted octanol–water partition coefficient (Wildman–Crippen LogP) is 3.70. The molecule has 0 aromatic rings. The van der Waals surface area contributed by atoms with Crippen LogP contribution in [0.2, 0.25) is 0 Å². The fraction of sp³-hybridized carbons (Fsp3) is 0.917. The standard InChI is InChI=1S/C12H24O2/c1-4-6-7-11(5-2)8-10(3)9-12(13)14/h10-11H,4-9H2,1-3H3,(H,13,14). The van der Waals surface area contributed by atoms with E-state index in [4.69, 9.17) is 5.11 Å². The van der Waals surface area contributed by atoms with Gasteiger partial charge in [-0.2, -0.15) is 0 Å². The van der Waals surface area contributed by atoms with Gasteiger partial charge in [0.2, 0.25) is 0 Å². The van der Waals surface area contributed by atoms with Crippen LogP contribution in [0.15, 0.2) is 0 Å². The summed E-state index contributed by atoms with van der Waals surface area (Å²) in [6, 6.07) is 0. The Morgan fingerprint density at radius 2 is 2.00 bits per heavy atom. The van der Waals surface area contributed by atoms with Crippen LogP contribution in [0.4, 0.5) is 0 Å². The molecule has 0 fully saturated rings. The quantitative estimate of drug-likeness (QED) is 0.648. The summed E-state index contributed by atoms with van der Waals surface area (Å²) >= 11 is 0. The van der Waals surface area contributed by atoms with Crippen LogP contribution in [0.3, 0.4) is 0 Å². The van der Waals surface area contributed by atoms with Crippen LogP contribution in [-0.2, 0) is 4.79 Å². The van der Waals surface area contributed by atoms with Crippen LogP contribution in [0, 0.1) is 11.8 Å². The van der Waals surface area contributed by atoms with E-state index in [1.807, 2.05) is 6.92 Å². The molecular weight excluding hydrogens is 176 g/mol. The monoisotopic (exact) mass is 200 g/mol. The number of hydrogen-bond acceptors (Lipinski definition) is 1. The van der Waals surface area contributed by atoms with Gasteiger partial charge in [-0.15, -0.1) is 0 Å². The molecule has 0 bridgehead atoms. The van der Waals surface area contributed by atoms with Crippen LogP contribution >= 0.6 is 0 Å². The van der Waals surface area contributed by atoms with Gasteiger partial charge in [0, 0.05) is 6.42 Å². The first-order valence-electron chi connectivity index (χ1n) is 5.81. The zero-order valence-electron chi connectivity index (χ0n) is 9.75. The molecule has 1 N–H and O–H groups in total. The number of aliphatic carboxylic acids is 1. The molecule has 2 atom stereocenters. The van der Waals surface area contributed by atoms with Crippen molar-refractivity contribution in [1.82, 2.24) is 0 Å². The summed E-state index contributed by atoms with van der Waals surface area (Å²) in [7, 11) is 0. The predicted molar refractivity (Wildman–Crippen MR) is 59.3 cm³/mol. The zero-order valence-corrected chi connectivity index (χ0v) is 9.75. The van der Waals surface area contributed by atoms with Gasteiger partial charge >= 0.3 is 5.97 Å². The molecule has 0 aliphatic rings. The summed E-state index contributed by atoms with van der Waals surface area (Å²) in [5.74, 6) is 0.390. The third-order valence-corrected chi connectivity index (χ3v) is 2.80. The summed E-state index contributed by atoms with van der Waals surface area (Å²) in [4.78, 5) is 10.5. The third kappa shape index (κ3) is 6.93. The smallest absolute Gasteiger partial charge is 0.303 e. The highest BCUT2D eigenvalue weighted by Gasteiger charge is 2.13. The molecule has 0 rings (SSSR count). The van der Waals surface area contributed by atoms with Crippen LogP contribution in [-0.4, -0.2) is 11.1 Å². The number of unbranched alkanes of at least 4 members (excludes halogenated alkanes) is 1. The molecule has 0 radical (unpaired) electrons. The molecule has 0 heterocycles. The summed E-state index contributed by atoms with van der Waals surface area (Å²) in [6.45, 7) is 6.45. The van der Waals surface area contributed by atoms with Gasteiger partial charge in [-0.3, -0.25) is 4.79 Å². The largest absolute Gasteiger partial charge is 0.481 e. The van der Waals surface area contributed by atoms with E-state index in [1.165, 1.54) is 25.7 Å². The molecule has 84 valence electrons. The van der Waals surface area contributed by atoms with Crippen molar-refractivity contribution >= 4 is 5.97 Å². The minimum absolute atomic E-state index is 0.322. The van der Waals surface area contributed by atoms with Crippen molar-refractivity contribution < 1.29 is 9.90 Å². The Balaban J connectivity index is 3.73. The molecule has 0 amide bonds. The van der Waals surface area contributed by atoms with Gasteiger partial charge in [-0.25, -0.2) is 0 Å². The Labute approximate surface area is 87.7 Å². The summed E-state index contributed by atoms with van der Waals surface area (Å²) in [5.41, 5.74) is 0. The first kappa shape index (κ1) is 13.5. The third-order valence-electron chi connectivity index (χ3n) is 2.80. The van der Waals surface area contributed by atoms with Crippen molar-refractivity contribution in [3.63, 3.8) is 0 Å². The minimum Gasteiger partial charge on any atom is -0.481 e. The molecule has 14 heavy (non-hydrogen) atoms. The highest BCUT2D eigenvalue weighted by Crippen LogP contribution is 2.23. The average molecular weight is 200 g/mol. The second-order valence-corrected chi connectivity index (χ2v) is 4.36. The highest BCUT2D eigenvalue weighted by atomic mass is 16.4. The molecule has 0 aliphatic carbocycles. The summed E-state index contributed by atoms with van der Waals surface area (Å²) in [5, 5.41) is 8.65. The van der Waals surface area contributed by atoms with Crippen LogP contribution in [0.5, 0.6) is 0 Å². The van der Waals surface area contributed by atoms with E-state index in [1.54, 1.807) is 0 Å². The molecule has 0 aromatic heterocycles. The lowest BCUT2D eigenvalue weighted by molar-refractivity contribution is -0.138. The fourth-order valence-electron chi connectivity index (χ4n) is 1.93. The van der Waals surface area contributed by atoms with Gasteiger partial charge in [-0.05, 0) is 18.3 Å². The minimum atomic E-state index is -0.664. The van der Waals surface area contributed by atoms with E-state index in [9.17, 15) is 4.79 Å². The first-order valence-corrected chi connectivity index (χ1v) is 5.81. The molecule has 0 aromatic carbocycles. The maximum atomic E-state index is 10.5. The van der Waals surface area contributed by atoms with Gasteiger partial charge in [0.05, 0.1) is 0 Å². The number of carbonyl (C=O) groups is 1. The van der Waals surface area contributed by atoms with Crippen molar-refractivity contribution in [2.75, 3.05) is 0 Å². The Kier molecular flexibility index (Phi) is 7.54. The molecule has 0 spiro atoms. The van der Waals surface area contributed by atoms with Gasteiger partial charge in [0.1, 0.15) is 0 Å². The fourth-order valence-corrected chi connectivity index (χ4v) is 1.93. The topological polar surface area (TPSA) is 37.3 Å². The van der Waals surface area contributed by atoms with Gasteiger partial charge in [-0.1, -0.05) is 46.5 Å². The molecule has 2 heteroatoms. The molecule has 0 saturated heterocycles. The number of hydrogen-bond donors (Lipinski definition) is 1. The van der Waals surface area contributed by atoms with Crippen molar-refractivity contribution in [2.45, 2.75) is 59.3 Å². The van der Waals surface area contributed by atoms with E-state index in [0.29, 0.717) is 12.3 Å². The summed E-state index contributed by atoms with van der Waals surface area (Å²) < 4.78 is 0. The Morgan fingerprint density at radius 1 is 1.36 bits per heavy atom. The van der Waals surface area contributed by atoms with Crippen molar-refractivity contribution in [3.8, 4) is 0 Å². The zero-order chi connectivity index (χ0) is 11.0. The number of carboxylic acids is 1. The SMILES string of the molecule is CCCCC(CC)CC(C)CC(=O)O. The highest BCUT2D eigenvalue weighted by molar-refractivity contribution is 5.66. The Bertz CT molecular complexity index is 154. The molecule has 0 saturated carbocycles. The van der Waals surface area contributed by atoms with Gasteiger partial charge < -0.3 is 5.11 Å². The average Bonchev–Trinajstić information content (AvgIpc) is 2.10. The lowest BCUT2D eigenvalue weighted by Crippen LogP contribution is -2.10. The molecule has 0 aliphatic heterocycles. The van der Waals surface area contributed by atoms with Crippen molar-refractivity contribution in [3.05, 3.63) is 0 Å². The maximum Gasteiger partial charge on any atom is 0.303 e. The van der Waals surface area contributed by atoms with E-state index in [-0.39, 0.29) is 0 Å². The second-order valence-electron chi connectivity index (χ2n) is 4.36. The van der Waals surface area contributed by atoms with Crippen LogP contribution in [0.1, 0.15) is 59.3 Å². The molecular formula is C12H24O2. The first-order chi connectivity index (χ1) is 6.60.